The largest absolute Gasteiger partial charge is 0.297 e. The van der Waals surface area contributed by atoms with Crippen LogP contribution in [-0.4, -0.2) is 15.0 Å². The molecular weight excluding hydrogens is 224 g/mol. The van der Waals surface area contributed by atoms with Gasteiger partial charge in [0.25, 0.3) is 10.1 Å². The van der Waals surface area contributed by atoms with E-state index in [1.807, 2.05) is 19.9 Å². The van der Waals surface area contributed by atoms with Crippen LogP contribution in [0.4, 0.5) is 0 Å². The Bertz CT molecular complexity index is 444. The van der Waals surface area contributed by atoms with Gasteiger partial charge >= 0.3 is 0 Å². The second-order valence-electron chi connectivity index (χ2n) is 3.43. The normalized spacial score (nSPS) is 12.1. The molecule has 0 unspecified atom stereocenters. The van der Waals surface area contributed by atoms with Crippen LogP contribution in [0.2, 0.25) is 0 Å². The first-order valence-electron chi connectivity index (χ1n) is 5.17. The average Bonchev–Trinajstić information content (AvgIpc) is 2.25. The van der Waals surface area contributed by atoms with Gasteiger partial charge in [-0.3, -0.25) is 4.18 Å². The molecule has 0 amide bonds. The number of benzene rings is 1. The molecule has 0 aliphatic rings. The van der Waals surface area contributed by atoms with Crippen molar-refractivity contribution in [3.05, 3.63) is 42.0 Å². The van der Waals surface area contributed by atoms with Crippen LogP contribution in [0.25, 0.3) is 0 Å². The van der Waals surface area contributed by atoms with Crippen molar-refractivity contribution in [1.82, 2.24) is 0 Å². The Morgan fingerprint density at radius 2 is 1.81 bits per heavy atom. The van der Waals surface area contributed by atoms with E-state index in [9.17, 15) is 8.42 Å². The average molecular weight is 240 g/mol. The van der Waals surface area contributed by atoms with E-state index in [0.717, 1.165) is 12.0 Å². The van der Waals surface area contributed by atoms with Gasteiger partial charge < -0.3 is 0 Å². The second kappa shape index (κ2) is 5.82. The summed E-state index contributed by atoms with van der Waals surface area (Å²) in [6.07, 6.45) is 4.43. The molecule has 16 heavy (non-hydrogen) atoms. The van der Waals surface area contributed by atoms with Crippen molar-refractivity contribution >= 4 is 10.1 Å². The summed E-state index contributed by atoms with van der Waals surface area (Å²) in [6.45, 7) is 3.97. The van der Waals surface area contributed by atoms with Crippen LogP contribution >= 0.6 is 0 Å². The number of rotatable bonds is 5. The van der Waals surface area contributed by atoms with Crippen molar-refractivity contribution in [3.8, 4) is 0 Å². The third kappa shape index (κ3) is 3.79. The second-order valence-corrected chi connectivity index (χ2v) is 5.05. The van der Waals surface area contributed by atoms with Crippen molar-refractivity contribution in [1.29, 1.82) is 0 Å². The summed E-state index contributed by atoms with van der Waals surface area (Å²) in [4.78, 5) is 0.197. The molecule has 1 aromatic rings. The molecule has 4 heteroatoms. The molecule has 88 valence electrons. The molecule has 0 aromatic heterocycles. The van der Waals surface area contributed by atoms with Crippen LogP contribution in [0, 0.1) is 6.92 Å². The summed E-state index contributed by atoms with van der Waals surface area (Å²) in [5.74, 6) is 0. The molecular formula is C12H16O3S. The van der Waals surface area contributed by atoms with Gasteiger partial charge in [-0.05, 0) is 25.5 Å². The van der Waals surface area contributed by atoms with Gasteiger partial charge in [0.05, 0.1) is 11.5 Å². The van der Waals surface area contributed by atoms with E-state index in [1.54, 1.807) is 30.3 Å². The summed E-state index contributed by atoms with van der Waals surface area (Å²) in [7, 11) is -3.61. The Kier molecular flexibility index (Phi) is 4.71. The first-order valence-corrected chi connectivity index (χ1v) is 6.58. The summed E-state index contributed by atoms with van der Waals surface area (Å²) in [5.41, 5.74) is 1.02. The van der Waals surface area contributed by atoms with Crippen LogP contribution in [0.5, 0.6) is 0 Å². The molecule has 0 heterocycles. The lowest BCUT2D eigenvalue weighted by Gasteiger charge is -2.03. The van der Waals surface area contributed by atoms with E-state index in [4.69, 9.17) is 4.18 Å². The SMILES string of the molecule is CC/C=C/COS(=O)(=O)c1ccc(C)cc1. The summed E-state index contributed by atoms with van der Waals surface area (Å²) in [6, 6.07) is 6.60. The zero-order chi connectivity index (χ0) is 12.0. The fourth-order valence-electron chi connectivity index (χ4n) is 1.14. The lowest BCUT2D eigenvalue weighted by molar-refractivity contribution is 0.357. The molecule has 0 aliphatic carbocycles. The third-order valence-electron chi connectivity index (χ3n) is 2.03. The molecule has 0 N–H and O–H groups in total. The highest BCUT2D eigenvalue weighted by molar-refractivity contribution is 7.86. The molecule has 0 atom stereocenters. The Hall–Kier alpha value is -1.13. The highest BCUT2D eigenvalue weighted by Gasteiger charge is 2.13. The lowest BCUT2D eigenvalue weighted by Crippen LogP contribution is -2.06. The van der Waals surface area contributed by atoms with Crippen molar-refractivity contribution in [2.45, 2.75) is 25.2 Å². The van der Waals surface area contributed by atoms with E-state index < -0.39 is 10.1 Å². The predicted octanol–water partition coefficient (Wildman–Crippen LogP) is 2.67. The van der Waals surface area contributed by atoms with Gasteiger partial charge in [0, 0.05) is 0 Å². The van der Waals surface area contributed by atoms with Gasteiger partial charge in [-0.25, -0.2) is 0 Å². The van der Waals surface area contributed by atoms with Gasteiger partial charge in [-0.15, -0.1) is 0 Å². The van der Waals surface area contributed by atoms with Crippen molar-refractivity contribution in [2.24, 2.45) is 0 Å². The van der Waals surface area contributed by atoms with E-state index >= 15 is 0 Å². The fourth-order valence-corrected chi connectivity index (χ4v) is 2.00. The van der Waals surface area contributed by atoms with Crippen LogP contribution in [0.1, 0.15) is 18.9 Å². The van der Waals surface area contributed by atoms with E-state index in [2.05, 4.69) is 0 Å². The van der Waals surface area contributed by atoms with Gasteiger partial charge in [0.15, 0.2) is 0 Å². The monoisotopic (exact) mass is 240 g/mol. The zero-order valence-corrected chi connectivity index (χ0v) is 10.3. The topological polar surface area (TPSA) is 43.4 Å². The van der Waals surface area contributed by atoms with Crippen LogP contribution in [0.3, 0.4) is 0 Å². The Morgan fingerprint density at radius 1 is 1.19 bits per heavy atom. The smallest absolute Gasteiger partial charge is 0.262 e. The molecule has 0 bridgehead atoms. The lowest BCUT2D eigenvalue weighted by atomic mass is 10.2. The van der Waals surface area contributed by atoms with Crippen molar-refractivity contribution in [2.75, 3.05) is 6.61 Å². The standard InChI is InChI=1S/C12H16O3S/c1-3-4-5-10-15-16(13,14)12-8-6-11(2)7-9-12/h4-9H,3,10H2,1-2H3/b5-4+. The van der Waals surface area contributed by atoms with Crippen molar-refractivity contribution in [3.63, 3.8) is 0 Å². The minimum absolute atomic E-state index is 0.0874. The van der Waals surface area contributed by atoms with Gasteiger partial charge in [-0.1, -0.05) is 36.8 Å². The molecule has 1 aromatic carbocycles. The number of aryl methyl sites for hydroxylation is 1. The Labute approximate surface area is 96.9 Å². The number of hydrogen-bond acceptors (Lipinski definition) is 3. The molecule has 1 rings (SSSR count). The Balaban J connectivity index is 2.71. The van der Waals surface area contributed by atoms with Gasteiger partial charge in [0.1, 0.15) is 0 Å². The summed E-state index contributed by atoms with van der Waals surface area (Å²) >= 11 is 0. The van der Waals surface area contributed by atoms with Crippen LogP contribution in [0.15, 0.2) is 41.3 Å². The molecule has 0 saturated carbocycles. The minimum atomic E-state index is -3.61. The zero-order valence-electron chi connectivity index (χ0n) is 9.51. The minimum Gasteiger partial charge on any atom is -0.262 e. The highest BCUT2D eigenvalue weighted by atomic mass is 32.2. The molecule has 0 radical (unpaired) electrons. The maximum atomic E-state index is 11.7. The fraction of sp³-hybridized carbons (Fsp3) is 0.333. The molecule has 0 aliphatic heterocycles. The van der Waals surface area contributed by atoms with E-state index in [0.29, 0.717) is 0 Å². The van der Waals surface area contributed by atoms with Crippen LogP contribution < -0.4 is 0 Å². The predicted molar refractivity (Wildman–Crippen MR) is 63.7 cm³/mol. The number of allylic oxidation sites excluding steroid dienone is 1. The molecule has 0 spiro atoms. The quantitative estimate of drug-likeness (QED) is 0.587. The molecule has 0 fully saturated rings. The number of hydrogen-bond donors (Lipinski definition) is 0. The molecule has 0 saturated heterocycles. The maximum Gasteiger partial charge on any atom is 0.297 e. The van der Waals surface area contributed by atoms with Crippen molar-refractivity contribution < 1.29 is 12.6 Å². The van der Waals surface area contributed by atoms with E-state index in [1.165, 1.54) is 0 Å². The maximum absolute atomic E-state index is 11.7. The Morgan fingerprint density at radius 3 is 2.38 bits per heavy atom. The van der Waals surface area contributed by atoms with Gasteiger partial charge in [0.2, 0.25) is 0 Å². The van der Waals surface area contributed by atoms with Crippen LogP contribution in [-0.2, 0) is 14.3 Å². The third-order valence-corrected chi connectivity index (χ3v) is 3.33. The summed E-state index contributed by atoms with van der Waals surface area (Å²) in [5, 5.41) is 0. The first kappa shape index (κ1) is 12.9. The molecule has 3 nitrogen and oxygen atoms in total. The first-order chi connectivity index (χ1) is 7.56. The van der Waals surface area contributed by atoms with E-state index in [-0.39, 0.29) is 11.5 Å². The van der Waals surface area contributed by atoms with Gasteiger partial charge in [-0.2, -0.15) is 8.42 Å². The highest BCUT2D eigenvalue weighted by Crippen LogP contribution is 2.12. The summed E-state index contributed by atoms with van der Waals surface area (Å²) < 4.78 is 28.1.